The highest BCUT2D eigenvalue weighted by Crippen LogP contribution is 2.66. The number of aliphatic hydroxyl groups is 1. The molecule has 0 aromatic heterocycles. The third kappa shape index (κ3) is 1.69. The van der Waals surface area contributed by atoms with Crippen LogP contribution in [0.3, 0.4) is 0 Å². The minimum Gasteiger partial charge on any atom is -0.377 e. The SMILES string of the molecule is C#C[C@@]1(O)C(C)C[C@H]2[C@@H]3CCC4=CC(=O)C=C[C@]4(C)C3=CC[C@@]21C. The minimum atomic E-state index is -1.02. The van der Waals surface area contributed by atoms with Crippen LogP contribution in [0.15, 0.2) is 35.5 Å². The largest absolute Gasteiger partial charge is 0.377 e. The molecule has 0 aliphatic heterocycles. The zero-order valence-corrected chi connectivity index (χ0v) is 14.8. The summed E-state index contributed by atoms with van der Waals surface area (Å²) in [7, 11) is 0. The second kappa shape index (κ2) is 4.73. The molecule has 2 fully saturated rings. The third-order valence-electron chi connectivity index (χ3n) is 7.75. The number of terminal acetylenes is 1. The van der Waals surface area contributed by atoms with Gasteiger partial charge in [0.2, 0.25) is 0 Å². The quantitative estimate of drug-likeness (QED) is 0.544. The normalized spacial score (nSPS) is 49.5. The maximum absolute atomic E-state index is 11.8. The van der Waals surface area contributed by atoms with E-state index in [1.165, 1.54) is 11.1 Å². The van der Waals surface area contributed by atoms with Crippen molar-refractivity contribution < 1.29 is 9.90 Å². The van der Waals surface area contributed by atoms with E-state index in [9.17, 15) is 9.90 Å². The highest BCUT2D eigenvalue weighted by Gasteiger charge is 2.63. The Morgan fingerprint density at radius 1 is 1.38 bits per heavy atom. The Bertz CT molecular complexity index is 748. The summed E-state index contributed by atoms with van der Waals surface area (Å²) in [6.07, 6.45) is 17.6. The second-order valence-corrected chi connectivity index (χ2v) is 8.69. The van der Waals surface area contributed by atoms with E-state index >= 15 is 0 Å². The Kier molecular flexibility index (Phi) is 3.14. The molecule has 0 bridgehead atoms. The number of ketones is 1. The van der Waals surface area contributed by atoms with Gasteiger partial charge in [-0.3, -0.25) is 4.79 Å². The average molecular weight is 322 g/mol. The summed E-state index contributed by atoms with van der Waals surface area (Å²) in [6, 6.07) is 0. The first-order chi connectivity index (χ1) is 11.3. The maximum atomic E-state index is 11.8. The second-order valence-electron chi connectivity index (χ2n) is 8.69. The fourth-order valence-electron chi connectivity index (χ4n) is 6.17. The van der Waals surface area contributed by atoms with Gasteiger partial charge in [0.25, 0.3) is 0 Å². The molecule has 2 saturated carbocycles. The van der Waals surface area contributed by atoms with Crippen molar-refractivity contribution in [3.05, 3.63) is 35.5 Å². The molecule has 0 amide bonds. The van der Waals surface area contributed by atoms with Gasteiger partial charge in [-0.2, -0.15) is 0 Å². The van der Waals surface area contributed by atoms with Crippen LogP contribution in [-0.4, -0.2) is 16.5 Å². The molecule has 1 unspecified atom stereocenters. The molecule has 0 aromatic rings. The molecule has 126 valence electrons. The first kappa shape index (κ1) is 15.9. The van der Waals surface area contributed by atoms with Crippen molar-refractivity contribution in [2.75, 3.05) is 0 Å². The predicted molar refractivity (Wildman–Crippen MR) is 94.9 cm³/mol. The minimum absolute atomic E-state index is 0.110. The molecular weight excluding hydrogens is 296 g/mol. The summed E-state index contributed by atoms with van der Waals surface area (Å²) in [5.74, 6) is 3.85. The van der Waals surface area contributed by atoms with Crippen molar-refractivity contribution >= 4 is 5.78 Å². The fraction of sp³-hybridized carbons (Fsp3) is 0.591. The van der Waals surface area contributed by atoms with Crippen LogP contribution in [0.5, 0.6) is 0 Å². The van der Waals surface area contributed by atoms with Gasteiger partial charge in [0.15, 0.2) is 5.78 Å². The van der Waals surface area contributed by atoms with Gasteiger partial charge in [0.05, 0.1) is 0 Å². The van der Waals surface area contributed by atoms with Crippen LogP contribution in [0.2, 0.25) is 0 Å². The lowest BCUT2D eigenvalue weighted by atomic mass is 9.51. The van der Waals surface area contributed by atoms with Crippen molar-refractivity contribution in [1.29, 1.82) is 0 Å². The molecule has 0 saturated heterocycles. The molecule has 0 radical (unpaired) electrons. The Morgan fingerprint density at radius 2 is 2.12 bits per heavy atom. The highest BCUT2D eigenvalue weighted by molar-refractivity contribution is 6.01. The first-order valence-corrected chi connectivity index (χ1v) is 9.11. The zero-order valence-electron chi connectivity index (χ0n) is 14.8. The topological polar surface area (TPSA) is 37.3 Å². The van der Waals surface area contributed by atoms with Crippen molar-refractivity contribution in [3.8, 4) is 12.3 Å². The predicted octanol–water partition coefficient (Wildman–Crippen LogP) is 3.82. The summed E-state index contributed by atoms with van der Waals surface area (Å²) in [5, 5.41) is 11.2. The Hall–Kier alpha value is -1.59. The van der Waals surface area contributed by atoms with Crippen LogP contribution in [0, 0.1) is 40.9 Å². The number of allylic oxidation sites excluding steroid dienone is 6. The highest BCUT2D eigenvalue weighted by atomic mass is 16.3. The molecule has 4 aliphatic rings. The monoisotopic (exact) mass is 322 g/mol. The van der Waals surface area contributed by atoms with E-state index in [1.54, 1.807) is 6.08 Å². The molecule has 4 rings (SSSR count). The van der Waals surface area contributed by atoms with E-state index in [-0.39, 0.29) is 22.5 Å². The molecule has 24 heavy (non-hydrogen) atoms. The van der Waals surface area contributed by atoms with Crippen LogP contribution >= 0.6 is 0 Å². The van der Waals surface area contributed by atoms with Gasteiger partial charge in [-0.15, -0.1) is 6.42 Å². The Balaban J connectivity index is 1.81. The lowest BCUT2D eigenvalue weighted by molar-refractivity contribution is -0.110. The molecule has 2 nitrogen and oxygen atoms in total. The molecule has 0 spiro atoms. The molecular formula is C22H26O2. The van der Waals surface area contributed by atoms with E-state index in [1.807, 2.05) is 6.08 Å². The van der Waals surface area contributed by atoms with Crippen LogP contribution in [0.1, 0.15) is 46.5 Å². The van der Waals surface area contributed by atoms with Crippen molar-refractivity contribution in [2.45, 2.75) is 52.1 Å². The molecule has 2 heteroatoms. The number of fused-ring (bicyclic) bond motifs is 5. The summed E-state index contributed by atoms with van der Waals surface area (Å²) in [4.78, 5) is 11.8. The Morgan fingerprint density at radius 3 is 2.83 bits per heavy atom. The van der Waals surface area contributed by atoms with E-state index < -0.39 is 5.60 Å². The number of rotatable bonds is 0. The van der Waals surface area contributed by atoms with Crippen LogP contribution in [0.4, 0.5) is 0 Å². The lowest BCUT2D eigenvalue weighted by Gasteiger charge is -2.53. The molecule has 6 atom stereocenters. The maximum Gasteiger partial charge on any atom is 0.178 e. The first-order valence-electron chi connectivity index (χ1n) is 9.11. The summed E-state index contributed by atoms with van der Waals surface area (Å²) < 4.78 is 0. The van der Waals surface area contributed by atoms with Crippen LogP contribution < -0.4 is 0 Å². The van der Waals surface area contributed by atoms with E-state index in [0.29, 0.717) is 11.8 Å². The van der Waals surface area contributed by atoms with Crippen molar-refractivity contribution in [3.63, 3.8) is 0 Å². The number of carbonyl (C=O) groups is 1. The fourth-order valence-corrected chi connectivity index (χ4v) is 6.17. The van der Waals surface area contributed by atoms with Crippen LogP contribution in [0.25, 0.3) is 0 Å². The molecule has 4 aliphatic carbocycles. The number of carbonyl (C=O) groups excluding carboxylic acids is 1. The van der Waals surface area contributed by atoms with Crippen molar-refractivity contribution in [2.24, 2.45) is 28.6 Å². The van der Waals surface area contributed by atoms with Crippen LogP contribution in [-0.2, 0) is 4.79 Å². The van der Waals surface area contributed by atoms with Gasteiger partial charge in [0, 0.05) is 10.8 Å². The van der Waals surface area contributed by atoms with Gasteiger partial charge >= 0.3 is 0 Å². The summed E-state index contributed by atoms with van der Waals surface area (Å²) in [6.45, 7) is 6.52. The van der Waals surface area contributed by atoms with Crippen molar-refractivity contribution in [1.82, 2.24) is 0 Å². The smallest absolute Gasteiger partial charge is 0.178 e. The standard InChI is InChI=1S/C22H26O2/c1-5-22(24)14(2)12-19-17-7-6-15-13-16(23)8-10-20(15,3)18(17)9-11-21(19,22)4/h1,8-10,13-14,17,19,24H,6-7,11-12H2,2-4H3/t14?,17-,19+,20+,21+,22-/m1/s1. The Labute approximate surface area is 144 Å². The molecule has 0 aromatic carbocycles. The summed E-state index contributed by atoms with van der Waals surface area (Å²) >= 11 is 0. The lowest BCUT2D eigenvalue weighted by Crippen LogP contribution is -2.51. The molecule has 0 heterocycles. The molecule has 1 N–H and O–H groups in total. The summed E-state index contributed by atoms with van der Waals surface area (Å²) in [5.41, 5.74) is 1.30. The number of hydrogen-bond acceptors (Lipinski definition) is 2. The average Bonchev–Trinajstić information content (AvgIpc) is 2.76. The van der Waals surface area contributed by atoms with E-state index in [0.717, 1.165) is 25.7 Å². The van der Waals surface area contributed by atoms with E-state index in [2.05, 4.69) is 38.8 Å². The zero-order chi connectivity index (χ0) is 17.3. The van der Waals surface area contributed by atoms with Gasteiger partial charge < -0.3 is 5.11 Å². The van der Waals surface area contributed by atoms with Gasteiger partial charge in [-0.1, -0.05) is 43.1 Å². The van der Waals surface area contributed by atoms with Gasteiger partial charge in [-0.25, -0.2) is 0 Å². The van der Waals surface area contributed by atoms with Gasteiger partial charge in [0.1, 0.15) is 5.60 Å². The third-order valence-corrected chi connectivity index (χ3v) is 7.75. The number of hydrogen-bond donors (Lipinski definition) is 1. The van der Waals surface area contributed by atoms with Gasteiger partial charge in [-0.05, 0) is 62.5 Å². The van der Waals surface area contributed by atoms with E-state index in [4.69, 9.17) is 6.42 Å².